The van der Waals surface area contributed by atoms with Crippen LogP contribution in [-0.4, -0.2) is 78.3 Å². The molecule has 10 heteroatoms. The van der Waals surface area contributed by atoms with Crippen LogP contribution in [0.4, 0.5) is 5.69 Å². The lowest BCUT2D eigenvalue weighted by molar-refractivity contribution is -0.0177. The molecule has 0 fully saturated rings. The maximum atomic E-state index is 14.3. The number of carbonyl (C=O) groups excluding carboxylic acids is 2. The number of aliphatic hydroxyl groups excluding tert-OH is 1. The van der Waals surface area contributed by atoms with Crippen molar-refractivity contribution in [3.8, 4) is 5.75 Å². The van der Waals surface area contributed by atoms with Crippen LogP contribution < -0.4 is 10.1 Å². The Balaban J connectivity index is 1.60. The summed E-state index contributed by atoms with van der Waals surface area (Å²) in [6.07, 6.45) is 2.25. The van der Waals surface area contributed by atoms with Crippen LogP contribution in [0.25, 0.3) is 0 Å². The normalized spacial score (nSPS) is 20.4. The number of halogens is 2. The molecule has 8 nitrogen and oxygen atoms in total. The Morgan fingerprint density at radius 1 is 1.07 bits per heavy atom. The number of fused-ring (bicyclic) bond motifs is 1. The zero-order valence-electron chi connectivity index (χ0n) is 27.0. The van der Waals surface area contributed by atoms with Crippen molar-refractivity contribution in [1.82, 2.24) is 9.80 Å². The first kappa shape index (κ1) is 35.7. The van der Waals surface area contributed by atoms with Crippen LogP contribution in [-0.2, 0) is 11.3 Å². The van der Waals surface area contributed by atoms with Gasteiger partial charge in [-0.25, -0.2) is 0 Å². The Hall–Kier alpha value is -3.14. The van der Waals surface area contributed by atoms with Crippen molar-refractivity contribution in [2.45, 2.75) is 64.8 Å². The maximum absolute atomic E-state index is 14.3. The molecule has 0 aromatic heterocycles. The maximum Gasteiger partial charge on any atom is 0.258 e. The molecule has 0 aliphatic carbocycles. The summed E-state index contributed by atoms with van der Waals surface area (Å²) in [4.78, 5) is 31.1. The molecule has 0 radical (unpaired) electrons. The molecule has 2 amide bonds. The van der Waals surface area contributed by atoms with Crippen molar-refractivity contribution in [2.75, 3.05) is 38.7 Å². The summed E-state index contributed by atoms with van der Waals surface area (Å²) < 4.78 is 12.8. The van der Waals surface area contributed by atoms with Crippen LogP contribution >= 0.6 is 23.2 Å². The summed E-state index contributed by atoms with van der Waals surface area (Å²) in [5, 5.41) is 14.2. The van der Waals surface area contributed by atoms with Crippen LogP contribution in [0, 0.1) is 5.92 Å². The minimum atomic E-state index is -0.467. The van der Waals surface area contributed by atoms with Gasteiger partial charge < -0.3 is 24.8 Å². The molecule has 1 aliphatic rings. The average Bonchev–Trinajstić information content (AvgIpc) is 3.04. The van der Waals surface area contributed by atoms with Gasteiger partial charge in [-0.15, -0.1) is 0 Å². The quantitative estimate of drug-likeness (QED) is 0.264. The number of likely N-dealkylation sites (N-methyl/N-ethyl adjacent to an activating group) is 1. The van der Waals surface area contributed by atoms with Crippen molar-refractivity contribution in [1.29, 1.82) is 0 Å². The Kier molecular flexibility index (Phi) is 13.3. The average molecular weight is 671 g/mol. The second kappa shape index (κ2) is 17.1. The third-order valence-electron chi connectivity index (χ3n) is 8.27. The van der Waals surface area contributed by atoms with Gasteiger partial charge in [-0.3, -0.25) is 14.5 Å². The topological polar surface area (TPSA) is 91.3 Å². The molecule has 4 atom stereocenters. The van der Waals surface area contributed by atoms with Crippen molar-refractivity contribution >= 4 is 40.7 Å². The van der Waals surface area contributed by atoms with Crippen LogP contribution in [0.1, 0.15) is 66.3 Å². The lowest BCUT2D eigenvalue weighted by Gasteiger charge is -2.36. The number of benzene rings is 3. The number of hydrogen-bond acceptors (Lipinski definition) is 6. The fourth-order valence-electron chi connectivity index (χ4n) is 5.58. The number of nitrogens with zero attached hydrogens (tertiary/aromatic N) is 2. The smallest absolute Gasteiger partial charge is 0.258 e. The van der Waals surface area contributed by atoms with Gasteiger partial charge in [-0.1, -0.05) is 54.4 Å². The minimum Gasteiger partial charge on any atom is -0.490 e. The van der Waals surface area contributed by atoms with Gasteiger partial charge in [-0.2, -0.15) is 0 Å². The van der Waals surface area contributed by atoms with Crippen molar-refractivity contribution < 1.29 is 24.2 Å². The lowest BCUT2D eigenvalue weighted by atomic mass is 10.0. The highest BCUT2D eigenvalue weighted by atomic mass is 35.5. The molecule has 4 rings (SSSR count). The summed E-state index contributed by atoms with van der Waals surface area (Å²) in [5.74, 6) is -0.181. The van der Waals surface area contributed by atoms with Gasteiger partial charge in [0.15, 0.2) is 0 Å². The SMILES string of the molecule is C[C@@H]1CCCCO[C@@H](CN(C)Cc2ccc(Cl)c(Cl)c2)[C@@H](C)CN([C@H](C)CO)C(=O)c2cc(NC(=O)c3ccccc3)ccc2O1. The molecule has 2 N–H and O–H groups in total. The van der Waals surface area contributed by atoms with E-state index in [1.165, 1.54) is 0 Å². The van der Waals surface area contributed by atoms with Gasteiger partial charge in [0.05, 0.1) is 40.5 Å². The number of aliphatic hydroxyl groups is 1. The number of hydrogen-bond donors (Lipinski definition) is 2. The number of nitrogens with one attached hydrogen (secondary N) is 1. The lowest BCUT2D eigenvalue weighted by Crippen LogP contribution is -2.47. The molecular weight excluding hydrogens is 625 g/mol. The number of carbonyl (C=O) groups is 2. The van der Waals surface area contributed by atoms with Crippen molar-refractivity contribution in [2.24, 2.45) is 5.92 Å². The standard InChI is InChI=1S/C36H45Cl2N3O5/c1-24-20-41(25(2)23-42)36(44)30-19-29(39-35(43)28-11-6-5-7-12-28)14-16-33(30)46-26(3)10-8-9-17-45-34(24)22-40(4)21-27-13-15-31(37)32(38)18-27/h5-7,11-16,18-19,24-26,34,42H,8-10,17,20-23H2,1-4H3,(H,39,43)/t24-,25+,26+,34-/m0/s1. The molecule has 1 aliphatic heterocycles. The molecule has 0 bridgehead atoms. The molecule has 3 aromatic carbocycles. The zero-order chi connectivity index (χ0) is 33.2. The van der Waals surface area contributed by atoms with Gasteiger partial charge in [0.1, 0.15) is 5.75 Å². The van der Waals surface area contributed by atoms with E-state index < -0.39 is 6.04 Å². The van der Waals surface area contributed by atoms with E-state index in [1.54, 1.807) is 53.4 Å². The number of amides is 2. The van der Waals surface area contributed by atoms with E-state index >= 15 is 0 Å². The van der Waals surface area contributed by atoms with Gasteiger partial charge in [0.25, 0.3) is 11.8 Å². The Morgan fingerprint density at radius 2 is 1.83 bits per heavy atom. The van der Waals surface area contributed by atoms with E-state index in [2.05, 4.69) is 17.1 Å². The molecule has 3 aromatic rings. The first-order valence-electron chi connectivity index (χ1n) is 15.9. The third-order valence-corrected chi connectivity index (χ3v) is 9.01. The third kappa shape index (κ3) is 9.93. The summed E-state index contributed by atoms with van der Waals surface area (Å²) in [6, 6.07) is 19.2. The fourth-order valence-corrected chi connectivity index (χ4v) is 5.90. The predicted octanol–water partition coefficient (Wildman–Crippen LogP) is 7.17. The Labute approximate surface area is 282 Å². The molecule has 1 heterocycles. The number of anilines is 1. The Morgan fingerprint density at radius 3 is 2.54 bits per heavy atom. The summed E-state index contributed by atoms with van der Waals surface area (Å²) in [7, 11) is 2.03. The van der Waals surface area contributed by atoms with Gasteiger partial charge in [0, 0.05) is 43.4 Å². The van der Waals surface area contributed by atoms with Gasteiger partial charge in [0.2, 0.25) is 0 Å². The minimum absolute atomic E-state index is 0.0681. The highest BCUT2D eigenvalue weighted by Gasteiger charge is 2.30. The highest BCUT2D eigenvalue weighted by molar-refractivity contribution is 6.42. The van der Waals surface area contributed by atoms with Crippen LogP contribution in [0.5, 0.6) is 5.75 Å². The second-order valence-electron chi connectivity index (χ2n) is 12.3. The van der Waals surface area contributed by atoms with E-state index in [-0.39, 0.29) is 36.5 Å². The largest absolute Gasteiger partial charge is 0.490 e. The van der Waals surface area contributed by atoms with E-state index in [4.69, 9.17) is 32.7 Å². The highest BCUT2D eigenvalue weighted by Crippen LogP contribution is 2.29. The van der Waals surface area contributed by atoms with Crippen molar-refractivity contribution in [3.05, 3.63) is 93.5 Å². The number of rotatable bonds is 8. The Bertz CT molecular complexity index is 1460. The first-order valence-corrected chi connectivity index (χ1v) is 16.6. The second-order valence-corrected chi connectivity index (χ2v) is 13.1. The van der Waals surface area contributed by atoms with Crippen LogP contribution in [0.2, 0.25) is 10.0 Å². The van der Waals surface area contributed by atoms with Gasteiger partial charge in [-0.05, 0) is 88.2 Å². The first-order chi connectivity index (χ1) is 22.0. The van der Waals surface area contributed by atoms with Gasteiger partial charge >= 0.3 is 0 Å². The monoisotopic (exact) mass is 669 g/mol. The molecule has 0 spiro atoms. The summed E-state index contributed by atoms with van der Waals surface area (Å²) in [5.41, 5.74) is 2.36. The van der Waals surface area contributed by atoms with E-state index in [0.717, 1.165) is 24.8 Å². The van der Waals surface area contributed by atoms with E-state index in [0.29, 0.717) is 58.9 Å². The molecular formula is C36H45Cl2N3O5. The molecule has 0 saturated heterocycles. The molecule has 248 valence electrons. The number of ether oxygens (including phenoxy) is 2. The molecule has 0 unspecified atom stereocenters. The fraction of sp³-hybridized carbons (Fsp3) is 0.444. The molecule has 46 heavy (non-hydrogen) atoms. The van der Waals surface area contributed by atoms with Crippen LogP contribution in [0.15, 0.2) is 66.7 Å². The van der Waals surface area contributed by atoms with Crippen LogP contribution in [0.3, 0.4) is 0 Å². The summed E-state index contributed by atoms with van der Waals surface area (Å²) in [6.45, 7) is 7.89. The zero-order valence-corrected chi connectivity index (χ0v) is 28.6. The molecule has 0 saturated carbocycles. The predicted molar refractivity (Wildman–Crippen MR) is 184 cm³/mol. The summed E-state index contributed by atoms with van der Waals surface area (Å²) >= 11 is 12.4. The van der Waals surface area contributed by atoms with E-state index in [9.17, 15) is 14.7 Å². The van der Waals surface area contributed by atoms with E-state index in [1.807, 2.05) is 39.1 Å². The van der Waals surface area contributed by atoms with Crippen molar-refractivity contribution in [3.63, 3.8) is 0 Å².